The first-order chi connectivity index (χ1) is 15.1. The summed E-state index contributed by atoms with van der Waals surface area (Å²) in [5.74, 6) is -0.434. The van der Waals surface area contributed by atoms with Crippen LogP contribution in [-0.2, 0) is 22.6 Å². The number of hydrogen-bond acceptors (Lipinski definition) is 5. The van der Waals surface area contributed by atoms with Crippen LogP contribution in [0.3, 0.4) is 0 Å². The summed E-state index contributed by atoms with van der Waals surface area (Å²) >= 11 is 1.49. The minimum Gasteiger partial charge on any atom is -0.366 e. The van der Waals surface area contributed by atoms with Crippen molar-refractivity contribution in [2.24, 2.45) is 0 Å². The molecule has 0 fully saturated rings. The van der Waals surface area contributed by atoms with Gasteiger partial charge in [0.15, 0.2) is 0 Å². The lowest BCUT2D eigenvalue weighted by Gasteiger charge is -2.24. The van der Waals surface area contributed by atoms with Crippen molar-refractivity contribution >= 4 is 28.7 Å². The fourth-order valence-corrected chi connectivity index (χ4v) is 4.52. The van der Waals surface area contributed by atoms with Gasteiger partial charge in [0.2, 0.25) is 0 Å². The van der Waals surface area contributed by atoms with Crippen LogP contribution in [0.4, 0.5) is 0 Å². The summed E-state index contributed by atoms with van der Waals surface area (Å²) in [4.78, 5) is 35.2. The van der Waals surface area contributed by atoms with E-state index in [4.69, 9.17) is 0 Å². The molecule has 1 aliphatic heterocycles. The minimum absolute atomic E-state index is 0.217. The summed E-state index contributed by atoms with van der Waals surface area (Å²) < 4.78 is 0. The first kappa shape index (κ1) is 21.0. The molecule has 0 spiro atoms. The number of nitrogens with zero attached hydrogens (tertiary/aromatic N) is 3. The molecule has 2 amide bonds. The molecule has 3 aromatic rings. The van der Waals surface area contributed by atoms with Crippen LogP contribution < -0.4 is 0 Å². The van der Waals surface area contributed by atoms with Gasteiger partial charge in [-0.3, -0.25) is 19.5 Å². The molecule has 3 heterocycles. The Balaban J connectivity index is 1.64. The quantitative estimate of drug-likeness (QED) is 0.499. The number of thiophene rings is 1. The zero-order chi connectivity index (χ0) is 21.8. The van der Waals surface area contributed by atoms with Crippen molar-refractivity contribution in [1.82, 2.24) is 14.8 Å². The van der Waals surface area contributed by atoms with Crippen molar-refractivity contribution < 1.29 is 9.59 Å². The second-order valence-corrected chi connectivity index (χ2v) is 8.52. The number of rotatable bonds is 8. The highest BCUT2D eigenvalue weighted by molar-refractivity contribution is 7.11. The Morgan fingerprint density at radius 3 is 2.35 bits per heavy atom. The standard InChI is InChI=1S/C25H25N3O2S/c1-3-27(15-12-19-10-13-26-14-11-19)23-22(21-5-4-16-31-21)24(29)28(25(23)30)17-20-8-6-18(2)7-9-20/h4-11,13-14,16H,3,12,15,17H2,1-2H3. The van der Waals surface area contributed by atoms with Gasteiger partial charge in [-0.1, -0.05) is 35.9 Å². The summed E-state index contributed by atoms with van der Waals surface area (Å²) in [5, 5.41) is 1.94. The molecule has 0 N–H and O–H groups in total. The molecular formula is C25H25N3O2S. The van der Waals surface area contributed by atoms with Crippen LogP contribution >= 0.6 is 11.3 Å². The molecule has 0 saturated heterocycles. The predicted octanol–water partition coefficient (Wildman–Crippen LogP) is 4.30. The Bertz CT molecular complexity index is 1090. The number of aromatic nitrogens is 1. The number of likely N-dealkylation sites (N-methyl/N-ethyl adjacent to an activating group) is 1. The van der Waals surface area contributed by atoms with Gasteiger partial charge in [-0.15, -0.1) is 11.3 Å². The highest BCUT2D eigenvalue weighted by Crippen LogP contribution is 2.34. The summed E-state index contributed by atoms with van der Waals surface area (Å²) in [7, 11) is 0. The smallest absolute Gasteiger partial charge is 0.278 e. The average Bonchev–Trinajstić information content (AvgIpc) is 3.39. The molecule has 5 nitrogen and oxygen atoms in total. The molecule has 0 atom stereocenters. The van der Waals surface area contributed by atoms with E-state index in [0.717, 1.165) is 28.0 Å². The molecule has 1 aromatic carbocycles. The van der Waals surface area contributed by atoms with E-state index in [-0.39, 0.29) is 18.4 Å². The van der Waals surface area contributed by atoms with Crippen LogP contribution in [0, 0.1) is 6.92 Å². The molecule has 4 rings (SSSR count). The van der Waals surface area contributed by atoms with Gasteiger partial charge in [-0.2, -0.15) is 0 Å². The third-order valence-corrected chi connectivity index (χ3v) is 6.38. The van der Waals surface area contributed by atoms with Crippen LogP contribution in [0.15, 0.2) is 72.0 Å². The fraction of sp³-hybridized carbons (Fsp3) is 0.240. The van der Waals surface area contributed by atoms with Crippen molar-refractivity contribution in [3.63, 3.8) is 0 Å². The second kappa shape index (κ2) is 9.27. The van der Waals surface area contributed by atoms with Gasteiger partial charge in [0.1, 0.15) is 5.70 Å². The van der Waals surface area contributed by atoms with Crippen molar-refractivity contribution in [2.45, 2.75) is 26.8 Å². The van der Waals surface area contributed by atoms with E-state index >= 15 is 0 Å². The topological polar surface area (TPSA) is 53.5 Å². The van der Waals surface area contributed by atoms with Gasteiger partial charge in [0.25, 0.3) is 11.8 Å². The van der Waals surface area contributed by atoms with E-state index in [1.165, 1.54) is 16.2 Å². The molecule has 0 unspecified atom stereocenters. The van der Waals surface area contributed by atoms with Gasteiger partial charge < -0.3 is 4.90 Å². The molecular weight excluding hydrogens is 406 g/mol. The number of imide groups is 1. The summed E-state index contributed by atoms with van der Waals surface area (Å²) in [5.41, 5.74) is 4.27. The summed E-state index contributed by atoms with van der Waals surface area (Å²) in [6.07, 6.45) is 4.32. The van der Waals surface area contributed by atoms with E-state index in [1.54, 1.807) is 12.4 Å². The summed E-state index contributed by atoms with van der Waals surface area (Å²) in [6.45, 7) is 5.62. The lowest BCUT2D eigenvalue weighted by atomic mass is 10.1. The number of amides is 2. The average molecular weight is 432 g/mol. The van der Waals surface area contributed by atoms with Crippen LogP contribution in [0.25, 0.3) is 5.57 Å². The molecule has 1 aliphatic rings. The number of pyridine rings is 1. The van der Waals surface area contributed by atoms with Crippen LogP contribution in [-0.4, -0.2) is 39.7 Å². The first-order valence-corrected chi connectivity index (χ1v) is 11.3. The lowest BCUT2D eigenvalue weighted by Crippen LogP contribution is -2.35. The maximum absolute atomic E-state index is 13.5. The van der Waals surface area contributed by atoms with Gasteiger partial charge in [0, 0.05) is 30.4 Å². The minimum atomic E-state index is -0.217. The Kier molecular flexibility index (Phi) is 6.28. The zero-order valence-electron chi connectivity index (χ0n) is 17.7. The molecule has 0 bridgehead atoms. The van der Waals surface area contributed by atoms with Crippen LogP contribution in [0.5, 0.6) is 0 Å². The van der Waals surface area contributed by atoms with E-state index in [9.17, 15) is 9.59 Å². The number of benzene rings is 1. The number of carbonyl (C=O) groups is 2. The van der Waals surface area contributed by atoms with Crippen molar-refractivity contribution in [3.8, 4) is 0 Å². The number of aryl methyl sites for hydroxylation is 1. The number of hydrogen-bond donors (Lipinski definition) is 0. The maximum Gasteiger partial charge on any atom is 0.278 e. The Labute approximate surface area is 186 Å². The third kappa shape index (κ3) is 4.44. The molecule has 0 radical (unpaired) electrons. The molecule has 158 valence electrons. The van der Waals surface area contributed by atoms with E-state index in [1.807, 2.05) is 72.7 Å². The lowest BCUT2D eigenvalue weighted by molar-refractivity contribution is -0.138. The molecule has 31 heavy (non-hydrogen) atoms. The Morgan fingerprint density at radius 2 is 1.71 bits per heavy atom. The zero-order valence-corrected chi connectivity index (χ0v) is 18.6. The highest BCUT2D eigenvalue weighted by Gasteiger charge is 2.41. The first-order valence-electron chi connectivity index (χ1n) is 10.4. The largest absolute Gasteiger partial charge is 0.366 e. The van der Waals surface area contributed by atoms with Gasteiger partial charge in [-0.05, 0) is 55.0 Å². The van der Waals surface area contributed by atoms with E-state index in [0.29, 0.717) is 24.4 Å². The van der Waals surface area contributed by atoms with Crippen molar-refractivity contribution in [1.29, 1.82) is 0 Å². The number of carbonyl (C=O) groups excluding carboxylic acids is 2. The van der Waals surface area contributed by atoms with Crippen LogP contribution in [0.2, 0.25) is 0 Å². The molecule has 0 saturated carbocycles. The van der Waals surface area contributed by atoms with Gasteiger partial charge in [-0.25, -0.2) is 0 Å². The van der Waals surface area contributed by atoms with E-state index < -0.39 is 0 Å². The SMILES string of the molecule is CCN(CCc1ccncc1)C1=C(c2cccs2)C(=O)N(Cc2ccc(C)cc2)C1=O. The van der Waals surface area contributed by atoms with Crippen LogP contribution in [0.1, 0.15) is 28.5 Å². The van der Waals surface area contributed by atoms with Gasteiger partial charge >= 0.3 is 0 Å². The van der Waals surface area contributed by atoms with Crippen molar-refractivity contribution in [2.75, 3.05) is 13.1 Å². The van der Waals surface area contributed by atoms with E-state index in [2.05, 4.69) is 4.98 Å². The highest BCUT2D eigenvalue weighted by atomic mass is 32.1. The third-order valence-electron chi connectivity index (χ3n) is 5.49. The fourth-order valence-electron chi connectivity index (χ4n) is 3.76. The second-order valence-electron chi connectivity index (χ2n) is 7.57. The molecule has 2 aromatic heterocycles. The molecule has 6 heteroatoms. The maximum atomic E-state index is 13.5. The van der Waals surface area contributed by atoms with Crippen molar-refractivity contribution in [3.05, 3.63) is 93.6 Å². The summed E-state index contributed by atoms with van der Waals surface area (Å²) in [6, 6.07) is 15.7. The normalized spacial score (nSPS) is 13.9. The monoisotopic (exact) mass is 431 g/mol. The van der Waals surface area contributed by atoms with Gasteiger partial charge in [0.05, 0.1) is 12.1 Å². The Morgan fingerprint density at radius 1 is 0.968 bits per heavy atom. The Hall–Kier alpha value is -3.25. The predicted molar refractivity (Wildman–Crippen MR) is 123 cm³/mol. The molecule has 0 aliphatic carbocycles.